The molecule has 1 aliphatic rings. The van der Waals surface area contributed by atoms with Crippen LogP contribution in [0, 0.1) is 0 Å². The van der Waals surface area contributed by atoms with Crippen LogP contribution in [-0.4, -0.2) is 29.8 Å². The summed E-state index contributed by atoms with van der Waals surface area (Å²) in [6.45, 7) is 0.610. The van der Waals surface area contributed by atoms with Gasteiger partial charge in [-0.2, -0.15) is 0 Å². The molecule has 4 nitrogen and oxygen atoms in total. The second kappa shape index (κ2) is 6.40. The highest BCUT2D eigenvalue weighted by Crippen LogP contribution is 2.18. The lowest BCUT2D eigenvalue weighted by atomic mass is 10.1. The molecule has 2 atom stereocenters. The Morgan fingerprint density at radius 2 is 2.06 bits per heavy atom. The summed E-state index contributed by atoms with van der Waals surface area (Å²) in [5, 5.41) is 15.2. The Kier molecular flexibility index (Phi) is 4.59. The van der Waals surface area contributed by atoms with Crippen LogP contribution in [-0.2, 0) is 6.42 Å². The monoisotopic (exact) mass is 248 g/mol. The molecule has 1 fully saturated rings. The zero-order valence-electron chi connectivity index (χ0n) is 10.4. The lowest BCUT2D eigenvalue weighted by Crippen LogP contribution is -2.45. The first kappa shape index (κ1) is 12.9. The lowest BCUT2D eigenvalue weighted by Gasteiger charge is -2.16. The predicted molar refractivity (Wildman–Crippen MR) is 70.3 cm³/mol. The topological polar surface area (TPSA) is 61.4 Å². The van der Waals surface area contributed by atoms with E-state index in [4.69, 9.17) is 0 Å². The second-order valence-electron chi connectivity index (χ2n) is 4.74. The van der Waals surface area contributed by atoms with Crippen LogP contribution in [0.2, 0.25) is 0 Å². The maximum Gasteiger partial charge on any atom is 0.315 e. The van der Waals surface area contributed by atoms with E-state index in [0.29, 0.717) is 6.54 Å². The fourth-order valence-corrected chi connectivity index (χ4v) is 2.29. The quantitative estimate of drug-likeness (QED) is 0.755. The molecule has 1 aromatic rings. The van der Waals surface area contributed by atoms with Gasteiger partial charge in [0.2, 0.25) is 0 Å². The molecule has 1 aromatic carbocycles. The number of nitrogens with one attached hydrogen (secondary N) is 2. The average Bonchev–Trinajstić information content (AvgIpc) is 2.76. The fourth-order valence-electron chi connectivity index (χ4n) is 2.29. The third kappa shape index (κ3) is 3.74. The van der Waals surface area contributed by atoms with Crippen molar-refractivity contribution in [1.29, 1.82) is 0 Å². The van der Waals surface area contributed by atoms with E-state index in [2.05, 4.69) is 10.6 Å². The summed E-state index contributed by atoms with van der Waals surface area (Å²) in [5.41, 5.74) is 1.21. The standard InChI is InChI=1S/C14H20N2O2/c17-13-8-4-7-12(13)16-14(18)15-10-9-11-5-2-1-3-6-11/h1-3,5-6,12-13,17H,4,7-10H2,(H2,15,16,18). The third-order valence-corrected chi connectivity index (χ3v) is 3.34. The van der Waals surface area contributed by atoms with Gasteiger partial charge in [-0.1, -0.05) is 30.3 Å². The molecule has 0 saturated heterocycles. The highest BCUT2D eigenvalue weighted by atomic mass is 16.3. The van der Waals surface area contributed by atoms with E-state index >= 15 is 0 Å². The van der Waals surface area contributed by atoms with Gasteiger partial charge < -0.3 is 15.7 Å². The van der Waals surface area contributed by atoms with Crippen molar-refractivity contribution in [3.63, 3.8) is 0 Å². The molecule has 0 aromatic heterocycles. The molecule has 0 aliphatic heterocycles. The summed E-state index contributed by atoms with van der Waals surface area (Å²) in [6, 6.07) is 9.78. The number of carbonyl (C=O) groups is 1. The molecule has 2 unspecified atom stereocenters. The number of hydrogen-bond donors (Lipinski definition) is 3. The number of rotatable bonds is 4. The number of benzene rings is 1. The summed E-state index contributed by atoms with van der Waals surface area (Å²) < 4.78 is 0. The number of amides is 2. The van der Waals surface area contributed by atoms with Crippen LogP contribution in [0.25, 0.3) is 0 Å². The lowest BCUT2D eigenvalue weighted by molar-refractivity contribution is 0.149. The number of aliphatic hydroxyl groups excluding tert-OH is 1. The zero-order chi connectivity index (χ0) is 12.8. The van der Waals surface area contributed by atoms with Gasteiger partial charge in [0, 0.05) is 6.54 Å². The second-order valence-corrected chi connectivity index (χ2v) is 4.74. The van der Waals surface area contributed by atoms with Crippen molar-refractivity contribution >= 4 is 6.03 Å². The molecule has 4 heteroatoms. The van der Waals surface area contributed by atoms with Gasteiger partial charge in [0.25, 0.3) is 0 Å². The number of carbonyl (C=O) groups excluding carboxylic acids is 1. The summed E-state index contributed by atoms with van der Waals surface area (Å²) >= 11 is 0. The minimum atomic E-state index is -0.384. The molecule has 98 valence electrons. The number of urea groups is 1. The largest absolute Gasteiger partial charge is 0.391 e. The summed E-state index contributed by atoms with van der Waals surface area (Å²) in [7, 11) is 0. The van der Waals surface area contributed by atoms with E-state index in [-0.39, 0.29) is 18.2 Å². The molecule has 0 radical (unpaired) electrons. The van der Waals surface area contributed by atoms with Crippen LogP contribution in [0.5, 0.6) is 0 Å². The molecule has 1 aliphatic carbocycles. The van der Waals surface area contributed by atoms with Gasteiger partial charge in [0.15, 0.2) is 0 Å². The Labute approximate surface area is 107 Å². The van der Waals surface area contributed by atoms with E-state index in [0.717, 1.165) is 25.7 Å². The first-order chi connectivity index (χ1) is 8.75. The van der Waals surface area contributed by atoms with Crippen molar-refractivity contribution < 1.29 is 9.90 Å². The maximum absolute atomic E-state index is 11.6. The Hall–Kier alpha value is -1.55. The van der Waals surface area contributed by atoms with Crippen LogP contribution >= 0.6 is 0 Å². The molecular weight excluding hydrogens is 228 g/mol. The maximum atomic E-state index is 11.6. The van der Waals surface area contributed by atoms with Crippen molar-refractivity contribution in [2.24, 2.45) is 0 Å². The van der Waals surface area contributed by atoms with Crippen LogP contribution in [0.15, 0.2) is 30.3 Å². The molecule has 1 saturated carbocycles. The van der Waals surface area contributed by atoms with Crippen molar-refractivity contribution in [1.82, 2.24) is 10.6 Å². The van der Waals surface area contributed by atoms with Gasteiger partial charge in [-0.3, -0.25) is 0 Å². The molecule has 0 bridgehead atoms. The number of aliphatic hydroxyl groups is 1. The molecule has 0 heterocycles. The van der Waals surface area contributed by atoms with E-state index in [1.807, 2.05) is 30.3 Å². The van der Waals surface area contributed by atoms with Gasteiger partial charge in [-0.05, 0) is 31.2 Å². The van der Waals surface area contributed by atoms with Gasteiger partial charge in [0.1, 0.15) is 0 Å². The Morgan fingerprint density at radius 3 is 2.72 bits per heavy atom. The summed E-state index contributed by atoms with van der Waals surface area (Å²) in [5.74, 6) is 0. The third-order valence-electron chi connectivity index (χ3n) is 3.34. The highest BCUT2D eigenvalue weighted by Gasteiger charge is 2.26. The predicted octanol–water partition coefficient (Wildman–Crippen LogP) is 1.44. The molecule has 18 heavy (non-hydrogen) atoms. The van der Waals surface area contributed by atoms with Crippen LogP contribution in [0.1, 0.15) is 24.8 Å². The summed E-state index contributed by atoms with van der Waals surface area (Å²) in [4.78, 5) is 11.6. The molecular formula is C14H20N2O2. The van der Waals surface area contributed by atoms with Crippen LogP contribution in [0.4, 0.5) is 4.79 Å². The van der Waals surface area contributed by atoms with Crippen LogP contribution in [0.3, 0.4) is 0 Å². The minimum absolute atomic E-state index is 0.0817. The van der Waals surface area contributed by atoms with Crippen molar-refractivity contribution in [2.45, 2.75) is 37.8 Å². The van der Waals surface area contributed by atoms with Crippen LogP contribution < -0.4 is 10.6 Å². The average molecular weight is 248 g/mol. The van der Waals surface area contributed by atoms with Gasteiger partial charge in [0.05, 0.1) is 12.1 Å². The van der Waals surface area contributed by atoms with E-state index in [1.54, 1.807) is 0 Å². The molecule has 0 spiro atoms. The molecule has 3 N–H and O–H groups in total. The summed E-state index contributed by atoms with van der Waals surface area (Å²) in [6.07, 6.45) is 3.07. The van der Waals surface area contributed by atoms with Crippen molar-refractivity contribution in [3.8, 4) is 0 Å². The fraction of sp³-hybridized carbons (Fsp3) is 0.500. The highest BCUT2D eigenvalue weighted by molar-refractivity contribution is 5.74. The van der Waals surface area contributed by atoms with Gasteiger partial charge in [-0.25, -0.2) is 4.79 Å². The Balaban J connectivity index is 1.66. The minimum Gasteiger partial charge on any atom is -0.391 e. The Morgan fingerprint density at radius 1 is 1.28 bits per heavy atom. The number of hydrogen-bond acceptors (Lipinski definition) is 2. The van der Waals surface area contributed by atoms with Crippen molar-refractivity contribution in [2.75, 3.05) is 6.54 Å². The van der Waals surface area contributed by atoms with E-state index < -0.39 is 0 Å². The van der Waals surface area contributed by atoms with E-state index in [9.17, 15) is 9.90 Å². The van der Waals surface area contributed by atoms with Gasteiger partial charge >= 0.3 is 6.03 Å². The normalized spacial score (nSPS) is 22.7. The first-order valence-electron chi connectivity index (χ1n) is 6.52. The SMILES string of the molecule is O=C(NCCc1ccccc1)NC1CCCC1O. The zero-order valence-corrected chi connectivity index (χ0v) is 10.4. The Bertz CT molecular complexity index is 381. The molecule has 2 rings (SSSR count). The van der Waals surface area contributed by atoms with Gasteiger partial charge in [-0.15, -0.1) is 0 Å². The smallest absolute Gasteiger partial charge is 0.315 e. The van der Waals surface area contributed by atoms with E-state index in [1.165, 1.54) is 5.56 Å². The van der Waals surface area contributed by atoms with Crippen molar-refractivity contribution in [3.05, 3.63) is 35.9 Å². The first-order valence-corrected chi connectivity index (χ1v) is 6.52. The molecule has 2 amide bonds.